The summed E-state index contributed by atoms with van der Waals surface area (Å²) in [6.07, 6.45) is 4.17. The zero-order valence-electron chi connectivity index (χ0n) is 18.6. The number of anilines is 3. The zero-order chi connectivity index (χ0) is 22.5. The van der Waals surface area contributed by atoms with Gasteiger partial charge in [-0.3, -0.25) is 0 Å². The largest absolute Gasteiger partial charge is 0.377 e. The summed E-state index contributed by atoms with van der Waals surface area (Å²) < 4.78 is 13.0. The number of nitrogens with zero attached hydrogens (tertiary/aromatic N) is 2. The average Bonchev–Trinajstić information content (AvgIpc) is 2.79. The van der Waals surface area contributed by atoms with Crippen LogP contribution >= 0.6 is 0 Å². The SMILES string of the molecule is CN(C)c1cc(NC2CCC(CNC(=O)Nc3ccc(F)cc3)CC2)nc2ccccc12. The van der Waals surface area contributed by atoms with Gasteiger partial charge in [0, 0.05) is 49.5 Å². The fraction of sp³-hybridized carbons (Fsp3) is 0.360. The molecule has 0 radical (unpaired) electrons. The molecular formula is C25H30FN5O. The van der Waals surface area contributed by atoms with Crippen molar-refractivity contribution in [2.24, 2.45) is 5.92 Å². The van der Waals surface area contributed by atoms with Crippen LogP contribution in [0.1, 0.15) is 25.7 Å². The quantitative estimate of drug-likeness (QED) is 0.496. The molecule has 2 amide bonds. The molecule has 32 heavy (non-hydrogen) atoms. The van der Waals surface area contributed by atoms with Crippen molar-refractivity contribution in [1.29, 1.82) is 0 Å². The fourth-order valence-electron chi connectivity index (χ4n) is 4.27. The molecule has 2 aromatic carbocycles. The molecule has 7 heteroatoms. The Balaban J connectivity index is 1.27. The molecule has 4 rings (SSSR count). The highest BCUT2D eigenvalue weighted by Crippen LogP contribution is 2.30. The molecule has 0 atom stereocenters. The fourth-order valence-corrected chi connectivity index (χ4v) is 4.27. The summed E-state index contributed by atoms with van der Waals surface area (Å²) >= 11 is 0. The molecule has 1 heterocycles. The van der Waals surface area contributed by atoms with Gasteiger partial charge in [0.15, 0.2) is 0 Å². The van der Waals surface area contributed by atoms with Crippen molar-refractivity contribution in [2.45, 2.75) is 31.7 Å². The Labute approximate surface area is 188 Å². The van der Waals surface area contributed by atoms with Gasteiger partial charge in [-0.2, -0.15) is 0 Å². The van der Waals surface area contributed by atoms with Gasteiger partial charge in [-0.05, 0) is 61.9 Å². The number of rotatable bonds is 6. The van der Waals surface area contributed by atoms with E-state index in [0.717, 1.165) is 48.1 Å². The lowest BCUT2D eigenvalue weighted by molar-refractivity contribution is 0.246. The van der Waals surface area contributed by atoms with Gasteiger partial charge in [-0.25, -0.2) is 14.2 Å². The highest BCUT2D eigenvalue weighted by molar-refractivity contribution is 5.93. The van der Waals surface area contributed by atoms with E-state index >= 15 is 0 Å². The number of hydrogen-bond donors (Lipinski definition) is 3. The maximum absolute atomic E-state index is 13.0. The monoisotopic (exact) mass is 435 g/mol. The van der Waals surface area contributed by atoms with Crippen LogP contribution in [0.15, 0.2) is 54.6 Å². The number of para-hydroxylation sites is 1. The van der Waals surface area contributed by atoms with Gasteiger partial charge >= 0.3 is 6.03 Å². The standard InChI is InChI=1S/C25H30FN5O/c1-31(2)23-15-24(30-22-6-4-3-5-21(22)23)28-19-11-7-17(8-12-19)16-27-25(32)29-20-13-9-18(26)10-14-20/h3-6,9-10,13-15,17,19H,7-8,11-12,16H2,1-2H3,(H,28,30)(H2,27,29,32). The summed E-state index contributed by atoms with van der Waals surface area (Å²) in [5, 5.41) is 10.4. The Morgan fingerprint density at radius 1 is 1.06 bits per heavy atom. The molecule has 3 N–H and O–H groups in total. The molecule has 0 aliphatic heterocycles. The van der Waals surface area contributed by atoms with Gasteiger partial charge in [0.1, 0.15) is 11.6 Å². The van der Waals surface area contributed by atoms with E-state index in [4.69, 9.17) is 4.98 Å². The summed E-state index contributed by atoms with van der Waals surface area (Å²) in [4.78, 5) is 19.0. The first-order valence-corrected chi connectivity index (χ1v) is 11.1. The number of aromatic nitrogens is 1. The summed E-state index contributed by atoms with van der Waals surface area (Å²) in [5.74, 6) is 1.04. The van der Waals surface area contributed by atoms with Crippen molar-refractivity contribution in [3.63, 3.8) is 0 Å². The molecule has 0 saturated heterocycles. The van der Waals surface area contributed by atoms with Gasteiger partial charge in [-0.15, -0.1) is 0 Å². The molecule has 0 bridgehead atoms. The molecule has 3 aromatic rings. The molecule has 0 spiro atoms. The average molecular weight is 436 g/mol. The van der Waals surface area contributed by atoms with E-state index in [1.807, 2.05) is 18.2 Å². The third-order valence-corrected chi connectivity index (χ3v) is 6.03. The van der Waals surface area contributed by atoms with Crippen molar-refractivity contribution in [2.75, 3.05) is 36.2 Å². The minimum Gasteiger partial charge on any atom is -0.377 e. The number of amides is 2. The summed E-state index contributed by atoms with van der Waals surface area (Å²) in [7, 11) is 4.10. The molecule has 6 nitrogen and oxygen atoms in total. The normalized spacial score (nSPS) is 18.2. The smallest absolute Gasteiger partial charge is 0.319 e. The van der Waals surface area contributed by atoms with E-state index in [2.05, 4.69) is 47.1 Å². The van der Waals surface area contributed by atoms with Crippen LogP contribution in [0.3, 0.4) is 0 Å². The van der Waals surface area contributed by atoms with Gasteiger partial charge in [0.05, 0.1) is 5.52 Å². The number of carbonyl (C=O) groups is 1. The molecule has 1 fully saturated rings. The maximum Gasteiger partial charge on any atom is 0.319 e. The van der Waals surface area contributed by atoms with Crippen molar-refractivity contribution < 1.29 is 9.18 Å². The summed E-state index contributed by atoms with van der Waals surface area (Å²) in [6.45, 7) is 0.638. The third-order valence-electron chi connectivity index (χ3n) is 6.03. The van der Waals surface area contributed by atoms with Gasteiger partial charge in [-0.1, -0.05) is 18.2 Å². The maximum atomic E-state index is 13.0. The number of urea groups is 1. The minimum atomic E-state index is -0.321. The first-order chi connectivity index (χ1) is 15.5. The number of benzene rings is 2. The second-order valence-corrected chi connectivity index (χ2v) is 8.64. The number of halogens is 1. The zero-order valence-corrected chi connectivity index (χ0v) is 18.6. The van der Waals surface area contributed by atoms with Crippen LogP contribution in [0.5, 0.6) is 0 Å². The summed E-state index contributed by atoms with van der Waals surface area (Å²) in [5.41, 5.74) is 2.73. The second-order valence-electron chi connectivity index (χ2n) is 8.64. The lowest BCUT2D eigenvalue weighted by atomic mass is 9.86. The first-order valence-electron chi connectivity index (χ1n) is 11.1. The van der Waals surface area contributed by atoms with E-state index in [1.54, 1.807) is 12.1 Å². The van der Waals surface area contributed by atoms with Crippen molar-refractivity contribution in [3.8, 4) is 0 Å². The Bertz CT molecular complexity index is 1060. The van der Waals surface area contributed by atoms with Gasteiger partial charge in [0.2, 0.25) is 0 Å². The van der Waals surface area contributed by atoms with Gasteiger partial charge in [0.25, 0.3) is 0 Å². The van der Waals surface area contributed by atoms with Crippen molar-refractivity contribution in [3.05, 3.63) is 60.4 Å². The van der Waals surface area contributed by atoms with Crippen LogP contribution in [-0.2, 0) is 0 Å². The highest BCUT2D eigenvalue weighted by Gasteiger charge is 2.22. The molecule has 1 aliphatic rings. The van der Waals surface area contributed by atoms with E-state index in [1.165, 1.54) is 12.1 Å². The van der Waals surface area contributed by atoms with E-state index in [0.29, 0.717) is 24.2 Å². The number of nitrogens with one attached hydrogen (secondary N) is 3. The lowest BCUT2D eigenvalue weighted by Gasteiger charge is -2.30. The van der Waals surface area contributed by atoms with E-state index < -0.39 is 0 Å². The first kappa shape index (κ1) is 21.9. The number of fused-ring (bicyclic) bond motifs is 1. The second kappa shape index (κ2) is 9.85. The molecule has 168 valence electrons. The Morgan fingerprint density at radius 3 is 2.50 bits per heavy atom. The number of hydrogen-bond acceptors (Lipinski definition) is 4. The highest BCUT2D eigenvalue weighted by atomic mass is 19.1. The third kappa shape index (κ3) is 5.46. The van der Waals surface area contributed by atoms with Crippen LogP contribution in [0.4, 0.5) is 26.4 Å². The lowest BCUT2D eigenvalue weighted by Crippen LogP contribution is -2.36. The van der Waals surface area contributed by atoms with Crippen LogP contribution in [0.25, 0.3) is 10.9 Å². The summed E-state index contributed by atoms with van der Waals surface area (Å²) in [6, 6.07) is 16.2. The van der Waals surface area contributed by atoms with Crippen LogP contribution < -0.4 is 20.9 Å². The Morgan fingerprint density at radius 2 is 1.78 bits per heavy atom. The topological polar surface area (TPSA) is 69.3 Å². The van der Waals surface area contributed by atoms with Crippen LogP contribution in [0, 0.1) is 11.7 Å². The molecule has 0 unspecified atom stereocenters. The molecular weight excluding hydrogens is 405 g/mol. The number of carbonyl (C=O) groups excluding carboxylic acids is 1. The predicted molar refractivity (Wildman–Crippen MR) is 129 cm³/mol. The predicted octanol–water partition coefficient (Wildman–Crippen LogP) is 5.23. The minimum absolute atomic E-state index is 0.256. The Hall–Kier alpha value is -3.35. The van der Waals surface area contributed by atoms with E-state index in [9.17, 15) is 9.18 Å². The number of pyridine rings is 1. The van der Waals surface area contributed by atoms with Crippen molar-refractivity contribution >= 4 is 34.1 Å². The molecule has 1 aliphatic carbocycles. The van der Waals surface area contributed by atoms with Gasteiger partial charge < -0.3 is 20.9 Å². The molecule has 1 aromatic heterocycles. The molecule has 1 saturated carbocycles. The Kier molecular flexibility index (Phi) is 6.73. The van der Waals surface area contributed by atoms with Crippen LogP contribution in [-0.4, -0.2) is 37.7 Å². The van der Waals surface area contributed by atoms with E-state index in [-0.39, 0.29) is 11.8 Å². The van der Waals surface area contributed by atoms with Crippen LogP contribution in [0.2, 0.25) is 0 Å². The van der Waals surface area contributed by atoms with Crippen molar-refractivity contribution in [1.82, 2.24) is 10.3 Å².